The summed E-state index contributed by atoms with van der Waals surface area (Å²) in [4.78, 5) is 11.9. The molecule has 4 heteroatoms. The van der Waals surface area contributed by atoms with Gasteiger partial charge in [0.15, 0.2) is 0 Å². The summed E-state index contributed by atoms with van der Waals surface area (Å²) in [5.41, 5.74) is 1.98. The zero-order valence-electron chi connectivity index (χ0n) is 14.0. The monoisotopic (exact) mass is 323 g/mol. The molecule has 0 fully saturated rings. The Hall–Kier alpha value is -2.93. The molecule has 2 aromatic rings. The number of hydrogen-bond acceptors (Lipinski definition) is 3. The number of carbonyl (C=O) groups is 1. The van der Waals surface area contributed by atoms with Crippen molar-refractivity contribution in [1.29, 1.82) is 0 Å². The summed E-state index contributed by atoms with van der Waals surface area (Å²) in [7, 11) is 1.60. The summed E-state index contributed by atoms with van der Waals surface area (Å²) in [5, 5.41) is 2.77. The van der Waals surface area contributed by atoms with Gasteiger partial charge in [-0.05, 0) is 36.2 Å². The predicted octanol–water partition coefficient (Wildman–Crippen LogP) is 2.74. The Morgan fingerprint density at radius 2 is 1.96 bits per heavy atom. The lowest BCUT2D eigenvalue weighted by Gasteiger charge is -2.05. The van der Waals surface area contributed by atoms with E-state index >= 15 is 0 Å². The second kappa shape index (κ2) is 9.26. The molecule has 0 heterocycles. The van der Waals surface area contributed by atoms with Crippen molar-refractivity contribution in [2.75, 3.05) is 20.3 Å². The molecule has 2 rings (SSSR count). The summed E-state index contributed by atoms with van der Waals surface area (Å²) in [6.45, 7) is 2.60. The number of amides is 1. The smallest absolute Gasteiger partial charge is 0.225 e. The molecule has 0 aliphatic carbocycles. The topological polar surface area (TPSA) is 47.6 Å². The van der Waals surface area contributed by atoms with E-state index in [1.807, 2.05) is 55.5 Å². The average molecular weight is 323 g/mol. The van der Waals surface area contributed by atoms with Gasteiger partial charge in [-0.3, -0.25) is 4.79 Å². The third-order valence-electron chi connectivity index (χ3n) is 3.39. The van der Waals surface area contributed by atoms with E-state index in [0.717, 1.165) is 22.6 Å². The maximum absolute atomic E-state index is 11.9. The number of methoxy groups -OCH3 is 1. The fourth-order valence-corrected chi connectivity index (χ4v) is 2.12. The van der Waals surface area contributed by atoms with Gasteiger partial charge < -0.3 is 14.8 Å². The van der Waals surface area contributed by atoms with Crippen molar-refractivity contribution in [3.8, 4) is 23.3 Å². The lowest BCUT2D eigenvalue weighted by atomic mass is 10.1. The van der Waals surface area contributed by atoms with Crippen LogP contribution in [0.15, 0.2) is 48.5 Å². The third kappa shape index (κ3) is 5.69. The van der Waals surface area contributed by atoms with Gasteiger partial charge in [-0.1, -0.05) is 42.2 Å². The zero-order chi connectivity index (χ0) is 17.2. The van der Waals surface area contributed by atoms with E-state index in [4.69, 9.17) is 9.47 Å². The highest BCUT2D eigenvalue weighted by atomic mass is 16.5. The SMILES string of the molecule is COc1cccc(CC(=O)NCC#CCOc2ccccc2C)c1. The highest BCUT2D eigenvalue weighted by molar-refractivity contribution is 5.78. The van der Waals surface area contributed by atoms with Crippen molar-refractivity contribution >= 4 is 5.91 Å². The number of ether oxygens (including phenoxy) is 2. The molecule has 0 unspecified atom stereocenters. The van der Waals surface area contributed by atoms with Crippen molar-refractivity contribution in [2.45, 2.75) is 13.3 Å². The van der Waals surface area contributed by atoms with E-state index in [0.29, 0.717) is 19.6 Å². The number of nitrogens with one attached hydrogen (secondary N) is 1. The van der Waals surface area contributed by atoms with E-state index in [1.165, 1.54) is 0 Å². The molecule has 4 nitrogen and oxygen atoms in total. The molecule has 0 saturated heterocycles. The number of para-hydroxylation sites is 1. The molecule has 1 N–H and O–H groups in total. The second-order valence-electron chi connectivity index (χ2n) is 5.21. The van der Waals surface area contributed by atoms with Crippen LogP contribution >= 0.6 is 0 Å². The molecule has 0 radical (unpaired) electrons. The van der Waals surface area contributed by atoms with Crippen LogP contribution in [0, 0.1) is 18.8 Å². The molecule has 0 aromatic heterocycles. The van der Waals surface area contributed by atoms with Crippen LogP contribution in [0.2, 0.25) is 0 Å². The largest absolute Gasteiger partial charge is 0.497 e. The van der Waals surface area contributed by atoms with Gasteiger partial charge >= 0.3 is 0 Å². The Balaban J connectivity index is 1.70. The number of rotatable bonds is 6. The maximum atomic E-state index is 11.9. The Morgan fingerprint density at radius 3 is 2.75 bits per heavy atom. The summed E-state index contributed by atoms with van der Waals surface area (Å²) in [6.07, 6.45) is 0.304. The van der Waals surface area contributed by atoms with Gasteiger partial charge in [0, 0.05) is 0 Å². The van der Waals surface area contributed by atoms with E-state index in [2.05, 4.69) is 17.2 Å². The van der Waals surface area contributed by atoms with Crippen LogP contribution in [-0.4, -0.2) is 26.2 Å². The predicted molar refractivity (Wildman–Crippen MR) is 94.2 cm³/mol. The first kappa shape index (κ1) is 17.4. The number of hydrogen-bond donors (Lipinski definition) is 1. The summed E-state index contributed by atoms with van der Waals surface area (Å²) >= 11 is 0. The molecule has 24 heavy (non-hydrogen) atoms. The minimum atomic E-state index is -0.0719. The first-order chi connectivity index (χ1) is 11.7. The highest BCUT2D eigenvalue weighted by Crippen LogP contribution is 2.15. The minimum absolute atomic E-state index is 0.0719. The molecule has 0 aliphatic heterocycles. The van der Waals surface area contributed by atoms with E-state index in [9.17, 15) is 4.79 Å². The molecular weight excluding hydrogens is 302 g/mol. The van der Waals surface area contributed by atoms with Crippen LogP contribution in [0.25, 0.3) is 0 Å². The lowest BCUT2D eigenvalue weighted by molar-refractivity contribution is -0.120. The van der Waals surface area contributed by atoms with Crippen molar-refractivity contribution in [2.24, 2.45) is 0 Å². The van der Waals surface area contributed by atoms with Gasteiger partial charge in [0.25, 0.3) is 0 Å². The number of carbonyl (C=O) groups excluding carboxylic acids is 1. The van der Waals surface area contributed by atoms with Gasteiger partial charge in [-0.25, -0.2) is 0 Å². The minimum Gasteiger partial charge on any atom is -0.497 e. The Labute approximate surface area is 142 Å². The number of aryl methyl sites for hydroxylation is 1. The Kier molecular flexibility index (Phi) is 6.73. The normalized spacial score (nSPS) is 9.58. The van der Waals surface area contributed by atoms with E-state index < -0.39 is 0 Å². The third-order valence-corrected chi connectivity index (χ3v) is 3.39. The van der Waals surface area contributed by atoms with Crippen molar-refractivity contribution in [3.05, 3.63) is 59.7 Å². The van der Waals surface area contributed by atoms with Gasteiger partial charge in [-0.15, -0.1) is 0 Å². The van der Waals surface area contributed by atoms with E-state index in [-0.39, 0.29) is 5.91 Å². The zero-order valence-corrected chi connectivity index (χ0v) is 14.0. The second-order valence-corrected chi connectivity index (χ2v) is 5.21. The van der Waals surface area contributed by atoms with Crippen LogP contribution in [0.1, 0.15) is 11.1 Å². The quantitative estimate of drug-likeness (QED) is 0.832. The van der Waals surface area contributed by atoms with Crippen LogP contribution in [0.5, 0.6) is 11.5 Å². The summed E-state index contributed by atoms with van der Waals surface area (Å²) in [6, 6.07) is 15.2. The fraction of sp³-hybridized carbons (Fsp3) is 0.250. The summed E-state index contributed by atoms with van der Waals surface area (Å²) < 4.78 is 10.7. The average Bonchev–Trinajstić information content (AvgIpc) is 2.59. The van der Waals surface area contributed by atoms with Gasteiger partial charge in [0.05, 0.1) is 20.1 Å². The number of benzene rings is 2. The molecule has 0 saturated carbocycles. The van der Waals surface area contributed by atoms with E-state index in [1.54, 1.807) is 7.11 Å². The summed E-state index contributed by atoms with van der Waals surface area (Å²) in [5.74, 6) is 7.27. The van der Waals surface area contributed by atoms with Crippen LogP contribution in [0.3, 0.4) is 0 Å². The molecule has 0 spiro atoms. The highest BCUT2D eigenvalue weighted by Gasteiger charge is 2.03. The molecule has 124 valence electrons. The van der Waals surface area contributed by atoms with Crippen LogP contribution in [-0.2, 0) is 11.2 Å². The standard InChI is InChI=1S/C20H21NO3/c1-16-8-3-4-11-19(16)24-13-6-5-12-21-20(22)15-17-9-7-10-18(14-17)23-2/h3-4,7-11,14H,12-13,15H2,1-2H3,(H,21,22). The van der Waals surface area contributed by atoms with Crippen LogP contribution in [0.4, 0.5) is 0 Å². The van der Waals surface area contributed by atoms with Gasteiger partial charge in [0.1, 0.15) is 18.1 Å². The lowest BCUT2D eigenvalue weighted by Crippen LogP contribution is -2.25. The van der Waals surface area contributed by atoms with Gasteiger partial charge in [-0.2, -0.15) is 0 Å². The van der Waals surface area contributed by atoms with Crippen molar-refractivity contribution < 1.29 is 14.3 Å². The van der Waals surface area contributed by atoms with Crippen LogP contribution < -0.4 is 14.8 Å². The molecular formula is C20H21NO3. The fourth-order valence-electron chi connectivity index (χ4n) is 2.12. The molecule has 0 atom stereocenters. The first-order valence-electron chi connectivity index (χ1n) is 7.73. The molecule has 2 aromatic carbocycles. The van der Waals surface area contributed by atoms with Crippen molar-refractivity contribution in [1.82, 2.24) is 5.32 Å². The molecule has 0 aliphatic rings. The Bertz CT molecular complexity index is 744. The van der Waals surface area contributed by atoms with Gasteiger partial charge in [0.2, 0.25) is 5.91 Å². The van der Waals surface area contributed by atoms with Crippen molar-refractivity contribution in [3.63, 3.8) is 0 Å². The first-order valence-corrected chi connectivity index (χ1v) is 7.73. The molecule has 0 bridgehead atoms. The maximum Gasteiger partial charge on any atom is 0.225 e. The Morgan fingerprint density at radius 1 is 1.12 bits per heavy atom. The molecule has 1 amide bonds.